The van der Waals surface area contributed by atoms with Gasteiger partial charge in [-0.05, 0) is 51.4 Å². The van der Waals surface area contributed by atoms with Crippen molar-refractivity contribution in [3.63, 3.8) is 0 Å². The second-order valence-corrected chi connectivity index (χ2v) is 6.55. The molecule has 0 aromatic carbocycles. The molecule has 18 heavy (non-hydrogen) atoms. The maximum absolute atomic E-state index is 11.2. The number of fused-ring (bicyclic) bond motifs is 1. The summed E-state index contributed by atoms with van der Waals surface area (Å²) >= 11 is 0. The molecular formula is C15H27N2O+. The number of nitrogens with one attached hydrogen (secondary N) is 1. The fourth-order valence-electron chi connectivity index (χ4n) is 4.57. The quantitative estimate of drug-likeness (QED) is 0.723. The zero-order chi connectivity index (χ0) is 12.4. The number of carbonyl (C=O) groups excluding carboxylic acids is 1. The highest BCUT2D eigenvalue weighted by Gasteiger charge is 2.39. The molecule has 1 N–H and O–H groups in total. The van der Waals surface area contributed by atoms with E-state index in [1.165, 1.54) is 64.5 Å². The second-order valence-electron chi connectivity index (χ2n) is 6.55. The highest BCUT2D eigenvalue weighted by Crippen LogP contribution is 2.27. The lowest BCUT2D eigenvalue weighted by Crippen LogP contribution is -3.18. The Morgan fingerprint density at radius 1 is 1.00 bits per heavy atom. The van der Waals surface area contributed by atoms with Crippen molar-refractivity contribution >= 4 is 6.41 Å². The lowest BCUT2D eigenvalue weighted by atomic mass is 9.81. The van der Waals surface area contributed by atoms with E-state index in [0.29, 0.717) is 6.04 Å². The number of nitrogens with zero attached hydrogens (tertiary/aromatic N) is 1. The van der Waals surface area contributed by atoms with Crippen molar-refractivity contribution in [3.8, 4) is 0 Å². The topological polar surface area (TPSA) is 24.8 Å². The molecule has 3 aliphatic rings. The minimum Gasteiger partial charge on any atom is -0.342 e. The zero-order valence-corrected chi connectivity index (χ0v) is 11.4. The molecule has 3 heterocycles. The third-order valence-corrected chi connectivity index (χ3v) is 5.56. The van der Waals surface area contributed by atoms with Crippen LogP contribution in [0.25, 0.3) is 0 Å². The Morgan fingerprint density at radius 2 is 1.89 bits per heavy atom. The van der Waals surface area contributed by atoms with E-state index in [4.69, 9.17) is 0 Å². The van der Waals surface area contributed by atoms with Crippen molar-refractivity contribution in [2.24, 2.45) is 5.92 Å². The van der Waals surface area contributed by atoms with Gasteiger partial charge in [0.1, 0.15) is 0 Å². The van der Waals surface area contributed by atoms with E-state index in [-0.39, 0.29) is 0 Å². The van der Waals surface area contributed by atoms with Crippen LogP contribution in [-0.2, 0) is 4.79 Å². The molecule has 0 radical (unpaired) electrons. The molecule has 0 saturated carbocycles. The van der Waals surface area contributed by atoms with E-state index in [2.05, 4.69) is 4.90 Å². The Balaban J connectivity index is 1.63. The van der Waals surface area contributed by atoms with Gasteiger partial charge in [0.05, 0.1) is 19.1 Å². The summed E-state index contributed by atoms with van der Waals surface area (Å²) in [5.41, 5.74) is 0. The molecule has 3 rings (SSSR count). The summed E-state index contributed by atoms with van der Waals surface area (Å²) in [5, 5.41) is 0. The van der Waals surface area contributed by atoms with Crippen LogP contribution < -0.4 is 4.90 Å². The molecule has 3 nitrogen and oxygen atoms in total. The van der Waals surface area contributed by atoms with Gasteiger partial charge in [0.2, 0.25) is 6.41 Å². The van der Waals surface area contributed by atoms with Gasteiger partial charge < -0.3 is 9.80 Å². The van der Waals surface area contributed by atoms with Crippen LogP contribution in [0.4, 0.5) is 0 Å². The predicted octanol–water partition coefficient (Wildman–Crippen LogP) is 0.845. The lowest BCUT2D eigenvalue weighted by Gasteiger charge is -2.45. The maximum Gasteiger partial charge on any atom is 0.209 e. The molecule has 0 spiro atoms. The minimum atomic E-state index is 0.562. The number of piperidine rings is 3. The van der Waals surface area contributed by atoms with Gasteiger partial charge in [-0.15, -0.1) is 0 Å². The fraction of sp³-hybridized carbons (Fsp3) is 0.933. The molecule has 102 valence electrons. The molecule has 3 heteroatoms. The maximum atomic E-state index is 11.2. The van der Waals surface area contributed by atoms with Crippen LogP contribution in [0.1, 0.15) is 51.4 Å². The number of hydrogen-bond donors (Lipinski definition) is 1. The Morgan fingerprint density at radius 3 is 2.78 bits per heavy atom. The summed E-state index contributed by atoms with van der Waals surface area (Å²) in [4.78, 5) is 15.2. The minimum absolute atomic E-state index is 0.562. The smallest absolute Gasteiger partial charge is 0.209 e. The van der Waals surface area contributed by atoms with Crippen molar-refractivity contribution < 1.29 is 9.69 Å². The van der Waals surface area contributed by atoms with Crippen molar-refractivity contribution in [1.29, 1.82) is 0 Å². The first-order chi connectivity index (χ1) is 8.88. The van der Waals surface area contributed by atoms with Gasteiger partial charge in [0.15, 0.2) is 0 Å². The highest BCUT2D eigenvalue weighted by atomic mass is 16.1. The average molecular weight is 251 g/mol. The largest absolute Gasteiger partial charge is 0.342 e. The van der Waals surface area contributed by atoms with E-state index in [1.807, 2.05) is 4.90 Å². The van der Waals surface area contributed by atoms with E-state index in [1.54, 1.807) is 0 Å². The summed E-state index contributed by atoms with van der Waals surface area (Å²) in [6.07, 6.45) is 12.0. The van der Waals surface area contributed by atoms with Gasteiger partial charge in [0, 0.05) is 18.5 Å². The second kappa shape index (κ2) is 5.60. The van der Waals surface area contributed by atoms with E-state index in [0.717, 1.165) is 24.9 Å². The SMILES string of the molecule is O=CN1CCCC[C@H]1[C@@H]1CC[C@H]2CCCC[NH+]2C1. The zero-order valence-electron chi connectivity index (χ0n) is 11.4. The van der Waals surface area contributed by atoms with Crippen LogP contribution in [-0.4, -0.2) is 43.0 Å². The number of likely N-dealkylation sites (tertiary alicyclic amines) is 1. The molecule has 0 aliphatic carbocycles. The van der Waals surface area contributed by atoms with Crippen LogP contribution >= 0.6 is 0 Å². The number of hydrogen-bond acceptors (Lipinski definition) is 1. The number of carbonyl (C=O) groups is 1. The number of amides is 1. The van der Waals surface area contributed by atoms with E-state index < -0.39 is 0 Å². The third-order valence-electron chi connectivity index (χ3n) is 5.56. The van der Waals surface area contributed by atoms with Crippen LogP contribution in [0.2, 0.25) is 0 Å². The molecule has 3 aliphatic heterocycles. The number of rotatable bonds is 2. The van der Waals surface area contributed by atoms with Crippen molar-refractivity contribution in [1.82, 2.24) is 4.90 Å². The molecule has 1 unspecified atom stereocenters. The molecular weight excluding hydrogens is 224 g/mol. The molecule has 3 fully saturated rings. The Hall–Kier alpha value is -0.570. The van der Waals surface area contributed by atoms with Crippen molar-refractivity contribution in [3.05, 3.63) is 0 Å². The van der Waals surface area contributed by atoms with Crippen LogP contribution in [0, 0.1) is 5.92 Å². The van der Waals surface area contributed by atoms with Gasteiger partial charge in [-0.1, -0.05) is 0 Å². The first-order valence-corrected chi connectivity index (χ1v) is 7.94. The van der Waals surface area contributed by atoms with E-state index in [9.17, 15) is 4.79 Å². The van der Waals surface area contributed by atoms with Gasteiger partial charge in [-0.2, -0.15) is 0 Å². The summed E-state index contributed by atoms with van der Waals surface area (Å²) in [5.74, 6) is 0.778. The standard InChI is InChI=1S/C15H26N2O/c18-12-17-10-4-2-6-15(17)13-7-8-14-5-1-3-9-16(14)11-13/h12-15H,1-11H2/p+1/t13-,14-,15+/m1/s1. The first-order valence-electron chi connectivity index (χ1n) is 7.94. The summed E-state index contributed by atoms with van der Waals surface area (Å²) < 4.78 is 0. The van der Waals surface area contributed by atoms with Crippen LogP contribution in [0.3, 0.4) is 0 Å². The van der Waals surface area contributed by atoms with Crippen molar-refractivity contribution in [2.45, 2.75) is 63.5 Å². The lowest BCUT2D eigenvalue weighted by molar-refractivity contribution is -0.939. The Kier molecular flexibility index (Phi) is 3.88. The predicted molar refractivity (Wildman–Crippen MR) is 71.5 cm³/mol. The normalized spacial score (nSPS) is 41.2. The average Bonchev–Trinajstić information content (AvgIpc) is 2.46. The molecule has 0 aromatic rings. The Bertz CT molecular complexity index is 294. The van der Waals surface area contributed by atoms with Gasteiger partial charge in [-0.3, -0.25) is 4.79 Å². The van der Waals surface area contributed by atoms with Gasteiger partial charge >= 0.3 is 0 Å². The molecule has 0 bridgehead atoms. The van der Waals surface area contributed by atoms with Crippen LogP contribution in [0.15, 0.2) is 0 Å². The first kappa shape index (κ1) is 12.5. The Labute approximate surface area is 111 Å². The summed E-state index contributed by atoms with van der Waals surface area (Å²) in [6.45, 7) is 3.72. The molecule has 1 amide bonds. The summed E-state index contributed by atoms with van der Waals surface area (Å²) in [7, 11) is 0. The third kappa shape index (κ3) is 2.42. The van der Waals surface area contributed by atoms with E-state index >= 15 is 0 Å². The monoisotopic (exact) mass is 251 g/mol. The van der Waals surface area contributed by atoms with Gasteiger partial charge in [0.25, 0.3) is 0 Å². The van der Waals surface area contributed by atoms with Crippen LogP contribution in [0.5, 0.6) is 0 Å². The molecule has 4 atom stereocenters. The fourth-order valence-corrected chi connectivity index (χ4v) is 4.57. The van der Waals surface area contributed by atoms with Crippen molar-refractivity contribution in [2.75, 3.05) is 19.6 Å². The molecule has 3 saturated heterocycles. The molecule has 0 aromatic heterocycles. The highest BCUT2D eigenvalue weighted by molar-refractivity contribution is 5.48. The summed E-state index contributed by atoms with van der Waals surface area (Å²) in [6, 6.07) is 1.51. The number of quaternary nitrogens is 1. The van der Waals surface area contributed by atoms with Gasteiger partial charge in [-0.25, -0.2) is 0 Å².